The van der Waals surface area contributed by atoms with Crippen LogP contribution in [0.2, 0.25) is 0 Å². The summed E-state index contributed by atoms with van der Waals surface area (Å²) in [6, 6.07) is 10.9. The lowest BCUT2D eigenvalue weighted by Gasteiger charge is -2.36. The Balaban J connectivity index is 1.67. The van der Waals surface area contributed by atoms with Crippen LogP contribution in [0, 0.1) is 0 Å². The molecule has 1 N–H and O–H groups in total. The lowest BCUT2D eigenvalue weighted by Crippen LogP contribution is -2.48. The summed E-state index contributed by atoms with van der Waals surface area (Å²) in [6.07, 6.45) is 3.33. The minimum absolute atomic E-state index is 0.107. The van der Waals surface area contributed by atoms with Gasteiger partial charge in [0, 0.05) is 45.1 Å². The summed E-state index contributed by atoms with van der Waals surface area (Å²) in [6.45, 7) is 3.59. The second-order valence-corrected chi connectivity index (χ2v) is 7.56. The fraction of sp³-hybridized carbons (Fsp3) is 0.348. The van der Waals surface area contributed by atoms with Gasteiger partial charge < -0.3 is 14.7 Å². The quantitative estimate of drug-likeness (QED) is 0.666. The lowest BCUT2D eigenvalue weighted by atomic mass is 10.0. The van der Waals surface area contributed by atoms with Crippen molar-refractivity contribution in [1.29, 1.82) is 0 Å². The molecule has 2 aliphatic heterocycles. The number of β-amino-alcohol motifs (C(OH)–C–C–N with tert-alkyl or cyclic N) is 1. The summed E-state index contributed by atoms with van der Waals surface area (Å²) in [5.41, 5.74) is 2.36. The third kappa shape index (κ3) is 4.30. The molecule has 0 atom stereocenters. The molecule has 1 aromatic heterocycles. The van der Waals surface area contributed by atoms with E-state index in [2.05, 4.69) is 9.88 Å². The topological polar surface area (TPSA) is 86.2 Å². The van der Waals surface area contributed by atoms with Crippen LogP contribution in [-0.2, 0) is 16.1 Å². The first-order valence-electron chi connectivity index (χ1n) is 10.3. The van der Waals surface area contributed by atoms with Crippen LogP contribution >= 0.6 is 0 Å². The highest BCUT2D eigenvalue weighted by atomic mass is 16.5. The van der Waals surface area contributed by atoms with Crippen molar-refractivity contribution >= 4 is 17.4 Å². The molecule has 1 saturated heterocycles. The number of pyridine rings is 1. The van der Waals surface area contributed by atoms with E-state index in [1.54, 1.807) is 37.7 Å². The van der Waals surface area contributed by atoms with E-state index in [4.69, 9.17) is 4.74 Å². The number of rotatable bonds is 7. The Bertz CT molecular complexity index is 967. The number of ether oxygens (including phenoxy) is 1. The molecule has 0 saturated carbocycles. The molecule has 2 amide bonds. The fourth-order valence-electron chi connectivity index (χ4n) is 4.03. The predicted octanol–water partition coefficient (Wildman–Crippen LogP) is 0.980. The van der Waals surface area contributed by atoms with Crippen LogP contribution in [0.25, 0.3) is 5.57 Å². The van der Waals surface area contributed by atoms with Crippen LogP contribution < -0.4 is 4.74 Å². The highest BCUT2D eigenvalue weighted by molar-refractivity contribution is 6.35. The third-order valence-corrected chi connectivity index (χ3v) is 5.69. The number of aromatic nitrogens is 1. The number of imide groups is 1. The molecule has 4 rings (SSSR count). The standard InChI is InChI=1S/C23H26N4O4/c1-31-19-6-4-18(5-7-19)20-21(26-11-9-25(10-12-26)13-14-28)23(30)27(22(20)29)16-17-3-2-8-24-15-17/h2-8,15,28H,9-14,16H2,1H3. The molecule has 0 radical (unpaired) electrons. The number of aliphatic hydroxyl groups excluding tert-OH is 1. The molecule has 0 bridgehead atoms. The van der Waals surface area contributed by atoms with E-state index in [0.29, 0.717) is 42.2 Å². The van der Waals surface area contributed by atoms with Crippen molar-refractivity contribution in [2.24, 2.45) is 0 Å². The SMILES string of the molecule is COc1ccc(C2=C(N3CCN(CCO)CC3)C(=O)N(Cc3cccnc3)C2=O)cc1. The number of carbonyl (C=O) groups is 2. The van der Waals surface area contributed by atoms with Gasteiger partial charge in [0.25, 0.3) is 11.8 Å². The van der Waals surface area contributed by atoms with E-state index in [-0.39, 0.29) is 25.0 Å². The second kappa shape index (κ2) is 9.28. The molecule has 0 unspecified atom stereocenters. The van der Waals surface area contributed by atoms with Gasteiger partial charge in [0.1, 0.15) is 11.4 Å². The molecule has 1 aromatic carbocycles. The summed E-state index contributed by atoms with van der Waals surface area (Å²) >= 11 is 0. The molecule has 0 aliphatic carbocycles. The van der Waals surface area contributed by atoms with Crippen LogP contribution in [-0.4, -0.2) is 83.0 Å². The van der Waals surface area contributed by atoms with Gasteiger partial charge in [0.2, 0.25) is 0 Å². The number of benzene rings is 1. The Morgan fingerprint density at radius 1 is 1.03 bits per heavy atom. The van der Waals surface area contributed by atoms with Crippen LogP contribution in [0.4, 0.5) is 0 Å². The van der Waals surface area contributed by atoms with Crippen molar-refractivity contribution in [3.05, 3.63) is 65.6 Å². The van der Waals surface area contributed by atoms with E-state index in [1.807, 2.05) is 23.1 Å². The van der Waals surface area contributed by atoms with Crippen LogP contribution in [0.15, 0.2) is 54.5 Å². The number of aliphatic hydroxyl groups is 1. The van der Waals surface area contributed by atoms with Crippen molar-refractivity contribution < 1.29 is 19.4 Å². The molecule has 162 valence electrons. The first kappa shape index (κ1) is 21.0. The van der Waals surface area contributed by atoms with Crippen molar-refractivity contribution in [3.8, 4) is 5.75 Å². The number of hydrogen-bond acceptors (Lipinski definition) is 7. The third-order valence-electron chi connectivity index (χ3n) is 5.69. The van der Waals surface area contributed by atoms with E-state index in [9.17, 15) is 14.7 Å². The zero-order chi connectivity index (χ0) is 21.8. The maximum Gasteiger partial charge on any atom is 0.278 e. The van der Waals surface area contributed by atoms with E-state index >= 15 is 0 Å². The maximum atomic E-state index is 13.4. The Labute approximate surface area is 181 Å². The number of piperazine rings is 1. The summed E-state index contributed by atoms with van der Waals surface area (Å²) in [5.74, 6) is 0.106. The second-order valence-electron chi connectivity index (χ2n) is 7.56. The summed E-state index contributed by atoms with van der Waals surface area (Å²) in [7, 11) is 1.59. The Hall–Kier alpha value is -3.23. The lowest BCUT2D eigenvalue weighted by molar-refractivity contribution is -0.138. The molecule has 3 heterocycles. The molecular weight excluding hydrogens is 396 g/mol. The molecule has 8 nitrogen and oxygen atoms in total. The van der Waals surface area contributed by atoms with E-state index in [0.717, 1.165) is 18.7 Å². The Morgan fingerprint density at radius 3 is 2.39 bits per heavy atom. The molecular formula is C23H26N4O4. The fourth-order valence-corrected chi connectivity index (χ4v) is 4.03. The number of nitrogens with zero attached hydrogens (tertiary/aromatic N) is 4. The van der Waals surface area contributed by atoms with Gasteiger partial charge in [-0.1, -0.05) is 18.2 Å². The first-order valence-corrected chi connectivity index (χ1v) is 10.3. The summed E-state index contributed by atoms with van der Waals surface area (Å²) in [4.78, 5) is 36.4. The molecule has 8 heteroatoms. The van der Waals surface area contributed by atoms with Gasteiger partial charge in [-0.2, -0.15) is 0 Å². The van der Waals surface area contributed by atoms with Gasteiger partial charge in [0.05, 0.1) is 25.8 Å². The van der Waals surface area contributed by atoms with Crippen molar-refractivity contribution in [2.45, 2.75) is 6.54 Å². The molecule has 0 spiro atoms. The van der Waals surface area contributed by atoms with E-state index < -0.39 is 0 Å². The zero-order valence-electron chi connectivity index (χ0n) is 17.5. The normalized spacial score (nSPS) is 17.6. The van der Waals surface area contributed by atoms with Crippen LogP contribution in [0.5, 0.6) is 5.75 Å². The van der Waals surface area contributed by atoms with Gasteiger partial charge >= 0.3 is 0 Å². The van der Waals surface area contributed by atoms with Crippen molar-refractivity contribution in [2.75, 3.05) is 46.4 Å². The van der Waals surface area contributed by atoms with Gasteiger partial charge in [-0.3, -0.25) is 24.4 Å². The smallest absolute Gasteiger partial charge is 0.278 e. The molecule has 31 heavy (non-hydrogen) atoms. The van der Waals surface area contributed by atoms with Crippen LogP contribution in [0.3, 0.4) is 0 Å². The highest BCUT2D eigenvalue weighted by Gasteiger charge is 2.42. The average Bonchev–Trinajstić information content (AvgIpc) is 3.05. The van der Waals surface area contributed by atoms with Gasteiger partial charge in [-0.25, -0.2) is 0 Å². The minimum atomic E-state index is -0.299. The Kier molecular flexibility index (Phi) is 6.29. The largest absolute Gasteiger partial charge is 0.497 e. The van der Waals surface area contributed by atoms with Gasteiger partial charge in [-0.05, 0) is 29.3 Å². The van der Waals surface area contributed by atoms with Crippen molar-refractivity contribution in [3.63, 3.8) is 0 Å². The molecule has 2 aliphatic rings. The molecule has 1 fully saturated rings. The van der Waals surface area contributed by atoms with Gasteiger partial charge in [-0.15, -0.1) is 0 Å². The number of amides is 2. The predicted molar refractivity (Wildman–Crippen MR) is 115 cm³/mol. The highest BCUT2D eigenvalue weighted by Crippen LogP contribution is 2.33. The zero-order valence-corrected chi connectivity index (χ0v) is 17.5. The van der Waals surface area contributed by atoms with Gasteiger partial charge in [0.15, 0.2) is 0 Å². The average molecular weight is 422 g/mol. The number of hydrogen-bond donors (Lipinski definition) is 1. The minimum Gasteiger partial charge on any atom is -0.497 e. The Morgan fingerprint density at radius 2 is 1.77 bits per heavy atom. The first-order chi connectivity index (χ1) is 15.1. The number of methoxy groups -OCH3 is 1. The van der Waals surface area contributed by atoms with Crippen LogP contribution in [0.1, 0.15) is 11.1 Å². The van der Waals surface area contributed by atoms with E-state index in [1.165, 1.54) is 4.90 Å². The monoisotopic (exact) mass is 422 g/mol. The summed E-state index contributed by atoms with van der Waals surface area (Å²) in [5, 5.41) is 9.20. The summed E-state index contributed by atoms with van der Waals surface area (Å²) < 4.78 is 5.24. The van der Waals surface area contributed by atoms with Crippen molar-refractivity contribution in [1.82, 2.24) is 19.7 Å². The maximum absolute atomic E-state index is 13.4. The number of carbonyl (C=O) groups excluding carboxylic acids is 2. The molecule has 2 aromatic rings.